The van der Waals surface area contributed by atoms with Crippen LogP contribution in [-0.4, -0.2) is 16.2 Å². The third-order valence-electron chi connectivity index (χ3n) is 4.93. The number of aryl methyl sites for hydroxylation is 1. The molecule has 0 bridgehead atoms. The van der Waals surface area contributed by atoms with Gasteiger partial charge in [-0.2, -0.15) is 0 Å². The molecule has 0 amide bonds. The summed E-state index contributed by atoms with van der Waals surface area (Å²) in [6, 6.07) is 13.1. The van der Waals surface area contributed by atoms with Gasteiger partial charge in [0.1, 0.15) is 5.58 Å². The first kappa shape index (κ1) is 14.9. The molecular weight excluding hydrogens is 332 g/mol. The number of hydrogen-bond donors (Lipinski definition) is 1. The lowest BCUT2D eigenvalue weighted by atomic mass is 9.85. The van der Waals surface area contributed by atoms with Gasteiger partial charge in [-0.25, -0.2) is 4.79 Å². The molecule has 1 N–H and O–H groups in total. The number of H-pyrrole nitrogens is 1. The summed E-state index contributed by atoms with van der Waals surface area (Å²) in [5.41, 5.74) is 2.48. The molecule has 6 heteroatoms. The highest BCUT2D eigenvalue weighted by molar-refractivity contribution is 6.05. The molecular formula is C20H14N2O4. The van der Waals surface area contributed by atoms with Crippen molar-refractivity contribution in [2.75, 3.05) is 0 Å². The van der Waals surface area contributed by atoms with Crippen LogP contribution in [-0.2, 0) is 4.79 Å². The highest BCUT2D eigenvalue weighted by atomic mass is 16.5. The second kappa shape index (κ2) is 5.29. The molecule has 3 heterocycles. The molecule has 0 saturated carbocycles. The summed E-state index contributed by atoms with van der Waals surface area (Å²) >= 11 is 0. The van der Waals surface area contributed by atoms with Gasteiger partial charge in [0.25, 0.3) is 0 Å². The normalized spacial score (nSPS) is 16.7. The molecule has 128 valence electrons. The Labute approximate surface area is 147 Å². The summed E-state index contributed by atoms with van der Waals surface area (Å²) in [4.78, 5) is 24.4. The molecule has 0 saturated heterocycles. The number of hydrogen-bond acceptors (Lipinski definition) is 5. The number of rotatable bonds is 1. The number of fused-ring (bicyclic) bond motifs is 4. The van der Waals surface area contributed by atoms with Crippen molar-refractivity contribution in [1.82, 2.24) is 10.2 Å². The molecule has 0 radical (unpaired) electrons. The van der Waals surface area contributed by atoms with E-state index in [1.807, 2.05) is 43.3 Å². The van der Waals surface area contributed by atoms with Crippen LogP contribution in [0.15, 0.2) is 51.7 Å². The van der Waals surface area contributed by atoms with E-state index < -0.39 is 5.63 Å². The van der Waals surface area contributed by atoms with Crippen LogP contribution >= 0.6 is 0 Å². The van der Waals surface area contributed by atoms with Crippen LogP contribution in [0.25, 0.3) is 21.7 Å². The zero-order valence-corrected chi connectivity index (χ0v) is 13.9. The van der Waals surface area contributed by atoms with E-state index in [4.69, 9.17) is 9.15 Å². The minimum Gasteiger partial charge on any atom is -0.422 e. The van der Waals surface area contributed by atoms with Crippen molar-refractivity contribution in [1.29, 1.82) is 0 Å². The standard InChI is InChI=1S/C20H14N2O4/c1-10-18-15(9-17(24)26-20(18)22-21-10)14-8-16(23)25-19-12-5-3-2-4-11(12)6-7-13(14)19/h2-8,15H,9H2,1H3,(H,21,22). The minimum atomic E-state index is -0.439. The van der Waals surface area contributed by atoms with E-state index in [0.717, 1.165) is 33.0 Å². The second-order valence-electron chi connectivity index (χ2n) is 6.48. The lowest BCUT2D eigenvalue weighted by Crippen LogP contribution is -2.22. The number of esters is 1. The molecule has 1 atom stereocenters. The molecule has 5 rings (SSSR count). The largest absolute Gasteiger partial charge is 0.422 e. The van der Waals surface area contributed by atoms with Crippen LogP contribution in [0.2, 0.25) is 0 Å². The maximum atomic E-state index is 12.3. The van der Waals surface area contributed by atoms with Crippen LogP contribution < -0.4 is 10.4 Å². The maximum Gasteiger partial charge on any atom is 0.336 e. The van der Waals surface area contributed by atoms with E-state index >= 15 is 0 Å². The number of carbonyl (C=O) groups excluding carboxylic acids is 1. The first-order valence-corrected chi connectivity index (χ1v) is 8.33. The monoisotopic (exact) mass is 346 g/mol. The first-order chi connectivity index (χ1) is 12.6. The number of ether oxygens (including phenoxy) is 1. The Morgan fingerprint density at radius 3 is 2.85 bits per heavy atom. The average molecular weight is 346 g/mol. The van der Waals surface area contributed by atoms with Gasteiger partial charge in [0.2, 0.25) is 5.88 Å². The number of aromatic amines is 1. The van der Waals surface area contributed by atoms with E-state index in [0.29, 0.717) is 5.58 Å². The van der Waals surface area contributed by atoms with Gasteiger partial charge < -0.3 is 9.15 Å². The van der Waals surface area contributed by atoms with Crippen molar-refractivity contribution in [2.24, 2.45) is 0 Å². The van der Waals surface area contributed by atoms with Gasteiger partial charge in [0.05, 0.1) is 6.42 Å². The molecule has 4 aromatic rings. The van der Waals surface area contributed by atoms with Crippen LogP contribution in [0.5, 0.6) is 5.88 Å². The summed E-state index contributed by atoms with van der Waals surface area (Å²) in [5.74, 6) is -0.389. The molecule has 0 spiro atoms. The van der Waals surface area contributed by atoms with Gasteiger partial charge >= 0.3 is 11.6 Å². The van der Waals surface area contributed by atoms with Crippen molar-refractivity contribution in [2.45, 2.75) is 19.3 Å². The quantitative estimate of drug-likeness (QED) is 0.324. The van der Waals surface area contributed by atoms with Gasteiger partial charge in [-0.3, -0.25) is 9.89 Å². The maximum absolute atomic E-state index is 12.3. The van der Waals surface area contributed by atoms with Crippen LogP contribution in [0, 0.1) is 6.92 Å². The third-order valence-corrected chi connectivity index (χ3v) is 4.93. The van der Waals surface area contributed by atoms with Gasteiger partial charge in [0, 0.05) is 34.0 Å². The lowest BCUT2D eigenvalue weighted by Gasteiger charge is -2.22. The Morgan fingerprint density at radius 2 is 1.96 bits per heavy atom. The van der Waals surface area contributed by atoms with Crippen LogP contribution in [0.1, 0.15) is 29.2 Å². The van der Waals surface area contributed by atoms with Gasteiger partial charge in [-0.1, -0.05) is 36.4 Å². The zero-order chi connectivity index (χ0) is 17.8. The van der Waals surface area contributed by atoms with Gasteiger partial charge in [-0.15, -0.1) is 5.10 Å². The predicted octanol–water partition coefficient (Wildman–Crippen LogP) is 3.42. The molecule has 0 fully saturated rings. The summed E-state index contributed by atoms with van der Waals surface area (Å²) in [7, 11) is 0. The molecule has 1 aliphatic heterocycles. The molecule has 0 aliphatic carbocycles. The van der Waals surface area contributed by atoms with E-state index in [-0.39, 0.29) is 24.2 Å². The first-order valence-electron chi connectivity index (χ1n) is 8.33. The number of aromatic nitrogens is 2. The van der Waals surface area contributed by atoms with Crippen molar-refractivity contribution in [3.05, 3.63) is 69.7 Å². The molecule has 26 heavy (non-hydrogen) atoms. The molecule has 1 unspecified atom stereocenters. The smallest absolute Gasteiger partial charge is 0.336 e. The fourth-order valence-corrected chi connectivity index (χ4v) is 3.79. The summed E-state index contributed by atoms with van der Waals surface area (Å²) in [6.45, 7) is 1.88. The number of nitrogens with one attached hydrogen (secondary N) is 1. The van der Waals surface area contributed by atoms with Gasteiger partial charge in [0.15, 0.2) is 0 Å². The topological polar surface area (TPSA) is 85.2 Å². The Morgan fingerprint density at radius 1 is 1.12 bits per heavy atom. The molecule has 2 aromatic heterocycles. The van der Waals surface area contributed by atoms with Crippen molar-refractivity contribution >= 4 is 27.7 Å². The SMILES string of the molecule is Cc1[nH]nc2c1C(c1cc(=O)oc3c1ccc1ccccc13)CC(=O)O2. The van der Waals surface area contributed by atoms with Crippen LogP contribution in [0.3, 0.4) is 0 Å². The Kier molecular flexibility index (Phi) is 3.03. The van der Waals surface area contributed by atoms with Crippen molar-refractivity contribution < 1.29 is 13.9 Å². The Bertz CT molecular complexity index is 1250. The Hall–Kier alpha value is -3.41. The van der Waals surface area contributed by atoms with Crippen molar-refractivity contribution in [3.63, 3.8) is 0 Å². The third kappa shape index (κ3) is 2.08. The second-order valence-corrected chi connectivity index (χ2v) is 6.48. The highest BCUT2D eigenvalue weighted by Gasteiger charge is 2.34. The molecule has 2 aromatic carbocycles. The van der Waals surface area contributed by atoms with Crippen molar-refractivity contribution in [3.8, 4) is 5.88 Å². The minimum absolute atomic E-state index is 0.152. The molecule has 6 nitrogen and oxygen atoms in total. The highest BCUT2D eigenvalue weighted by Crippen LogP contribution is 2.41. The average Bonchev–Trinajstić information content (AvgIpc) is 3.01. The van der Waals surface area contributed by atoms with E-state index in [9.17, 15) is 9.59 Å². The number of benzene rings is 2. The van der Waals surface area contributed by atoms with Crippen LogP contribution in [0.4, 0.5) is 0 Å². The predicted molar refractivity (Wildman–Crippen MR) is 95.4 cm³/mol. The fourth-order valence-electron chi connectivity index (χ4n) is 3.79. The number of nitrogens with zero attached hydrogens (tertiary/aromatic N) is 1. The number of carbonyl (C=O) groups is 1. The Balaban J connectivity index is 1.85. The summed E-state index contributed by atoms with van der Waals surface area (Å²) < 4.78 is 10.8. The van der Waals surface area contributed by atoms with E-state index in [1.54, 1.807) is 0 Å². The van der Waals surface area contributed by atoms with E-state index in [2.05, 4.69) is 10.2 Å². The lowest BCUT2D eigenvalue weighted by molar-refractivity contribution is -0.135. The molecule has 1 aliphatic rings. The van der Waals surface area contributed by atoms with E-state index in [1.165, 1.54) is 6.07 Å². The van der Waals surface area contributed by atoms with Gasteiger partial charge in [-0.05, 0) is 17.9 Å². The fraction of sp³-hybridized carbons (Fsp3) is 0.150. The summed E-state index contributed by atoms with van der Waals surface area (Å²) in [6.07, 6.45) is 0.152. The summed E-state index contributed by atoms with van der Waals surface area (Å²) in [5, 5.41) is 9.60. The zero-order valence-electron chi connectivity index (χ0n) is 13.9.